The number of rotatable bonds is 7. The fourth-order valence-corrected chi connectivity index (χ4v) is 3.58. The maximum Gasteiger partial charge on any atom is 0.241 e. The van der Waals surface area contributed by atoms with Crippen LogP contribution in [0.15, 0.2) is 47.4 Å². The van der Waals surface area contributed by atoms with Crippen LogP contribution >= 0.6 is 0 Å². The van der Waals surface area contributed by atoms with Crippen LogP contribution in [0.3, 0.4) is 0 Å². The molecule has 144 valence electrons. The molecule has 0 saturated heterocycles. The van der Waals surface area contributed by atoms with Crippen molar-refractivity contribution < 1.29 is 22.7 Å². The van der Waals surface area contributed by atoms with E-state index in [1.54, 1.807) is 37.3 Å². The molecule has 0 radical (unpaired) electrons. The minimum atomic E-state index is -3.85. The van der Waals surface area contributed by atoms with Crippen molar-refractivity contribution in [1.82, 2.24) is 4.72 Å². The average molecular weight is 391 g/mol. The number of nitrogens with one attached hydrogen (secondary N) is 3. The molecule has 8 nitrogen and oxygen atoms in total. The Morgan fingerprint density at radius 2 is 1.70 bits per heavy atom. The molecule has 0 heterocycles. The number of sulfonamides is 1. The summed E-state index contributed by atoms with van der Waals surface area (Å²) in [6, 6.07) is 11.1. The number of amides is 2. The fraction of sp³-hybridized carbons (Fsp3) is 0.222. The van der Waals surface area contributed by atoms with Gasteiger partial charge in [0.1, 0.15) is 5.75 Å². The van der Waals surface area contributed by atoms with Crippen LogP contribution in [0.4, 0.5) is 11.4 Å². The first-order valence-corrected chi connectivity index (χ1v) is 9.51. The molecule has 0 atom stereocenters. The number of anilines is 2. The Morgan fingerprint density at radius 3 is 2.30 bits per heavy atom. The van der Waals surface area contributed by atoms with Crippen LogP contribution in [-0.2, 0) is 19.6 Å². The number of benzene rings is 2. The molecule has 0 fully saturated rings. The van der Waals surface area contributed by atoms with Crippen molar-refractivity contribution in [1.29, 1.82) is 0 Å². The minimum Gasteiger partial charge on any atom is -0.497 e. The van der Waals surface area contributed by atoms with Gasteiger partial charge in [-0.25, -0.2) is 13.1 Å². The highest BCUT2D eigenvalue weighted by Gasteiger charge is 2.18. The van der Waals surface area contributed by atoms with Gasteiger partial charge in [-0.2, -0.15) is 0 Å². The molecule has 0 aliphatic heterocycles. The van der Waals surface area contributed by atoms with Crippen molar-refractivity contribution in [3.63, 3.8) is 0 Å². The Bertz CT molecular complexity index is 957. The molecule has 2 amide bonds. The zero-order chi connectivity index (χ0) is 20.0. The van der Waals surface area contributed by atoms with Crippen LogP contribution in [0.25, 0.3) is 0 Å². The van der Waals surface area contributed by atoms with Gasteiger partial charge in [-0.05, 0) is 48.9 Å². The molecule has 0 bridgehead atoms. The molecule has 0 aliphatic rings. The molecule has 0 saturated carbocycles. The van der Waals surface area contributed by atoms with E-state index in [9.17, 15) is 18.0 Å². The van der Waals surface area contributed by atoms with E-state index in [0.717, 1.165) is 0 Å². The Balaban J connectivity index is 2.01. The third-order valence-electron chi connectivity index (χ3n) is 3.56. The molecule has 27 heavy (non-hydrogen) atoms. The predicted octanol–water partition coefficient (Wildman–Crippen LogP) is 1.88. The number of methoxy groups -OCH3 is 1. The van der Waals surface area contributed by atoms with Gasteiger partial charge in [0.05, 0.1) is 18.6 Å². The Morgan fingerprint density at radius 1 is 1.04 bits per heavy atom. The second-order valence-electron chi connectivity index (χ2n) is 5.77. The largest absolute Gasteiger partial charge is 0.497 e. The van der Waals surface area contributed by atoms with Crippen LogP contribution in [-0.4, -0.2) is 33.9 Å². The first-order valence-electron chi connectivity index (χ1n) is 8.03. The van der Waals surface area contributed by atoms with Crippen molar-refractivity contribution in [3.05, 3.63) is 48.0 Å². The normalized spacial score (nSPS) is 10.9. The number of ether oxygens (including phenoxy) is 1. The molecule has 0 spiro atoms. The molecular weight excluding hydrogens is 370 g/mol. The van der Waals surface area contributed by atoms with Crippen LogP contribution in [0.5, 0.6) is 5.75 Å². The summed E-state index contributed by atoms with van der Waals surface area (Å²) in [6.07, 6.45) is 0. The van der Waals surface area contributed by atoms with Crippen molar-refractivity contribution in [2.75, 3.05) is 24.3 Å². The number of hydrogen-bond donors (Lipinski definition) is 3. The Kier molecular flexibility index (Phi) is 6.54. The highest BCUT2D eigenvalue weighted by molar-refractivity contribution is 7.89. The lowest BCUT2D eigenvalue weighted by Gasteiger charge is -2.11. The molecule has 2 aromatic carbocycles. The van der Waals surface area contributed by atoms with Crippen LogP contribution in [0.1, 0.15) is 12.5 Å². The zero-order valence-electron chi connectivity index (χ0n) is 15.2. The number of hydrogen-bond acceptors (Lipinski definition) is 5. The van der Waals surface area contributed by atoms with Crippen LogP contribution in [0, 0.1) is 6.92 Å². The van der Waals surface area contributed by atoms with Gasteiger partial charge >= 0.3 is 0 Å². The first kappa shape index (κ1) is 20.4. The third-order valence-corrected chi connectivity index (χ3v) is 5.12. The van der Waals surface area contributed by atoms with E-state index >= 15 is 0 Å². The van der Waals surface area contributed by atoms with Crippen LogP contribution in [0.2, 0.25) is 0 Å². The van der Waals surface area contributed by atoms with Gasteiger partial charge in [0.2, 0.25) is 21.8 Å². The summed E-state index contributed by atoms with van der Waals surface area (Å²) in [6.45, 7) is 2.59. The van der Waals surface area contributed by atoms with Crippen molar-refractivity contribution in [2.24, 2.45) is 0 Å². The van der Waals surface area contributed by atoms with Gasteiger partial charge in [-0.1, -0.05) is 6.07 Å². The van der Waals surface area contributed by atoms with E-state index in [-0.39, 0.29) is 10.8 Å². The SMILES string of the molecule is COc1ccc(S(=O)(=O)NCC(=O)Nc2cccc(NC(C)=O)c2)c(C)c1. The van der Waals surface area contributed by atoms with Gasteiger partial charge in [0.25, 0.3) is 0 Å². The van der Waals surface area contributed by atoms with Gasteiger partial charge in [0, 0.05) is 18.3 Å². The van der Waals surface area contributed by atoms with Gasteiger partial charge in [-0.3, -0.25) is 9.59 Å². The van der Waals surface area contributed by atoms with E-state index in [0.29, 0.717) is 22.7 Å². The van der Waals surface area contributed by atoms with Crippen LogP contribution < -0.4 is 20.1 Å². The van der Waals surface area contributed by atoms with E-state index in [1.165, 1.54) is 26.2 Å². The third kappa shape index (κ3) is 5.80. The first-order chi connectivity index (χ1) is 12.7. The molecule has 0 unspecified atom stereocenters. The maximum absolute atomic E-state index is 12.4. The summed E-state index contributed by atoms with van der Waals surface area (Å²) in [5, 5.41) is 5.18. The second-order valence-corrected chi connectivity index (χ2v) is 7.50. The lowest BCUT2D eigenvalue weighted by molar-refractivity contribution is -0.115. The molecule has 0 aliphatic carbocycles. The summed E-state index contributed by atoms with van der Waals surface area (Å²) in [5.41, 5.74) is 1.46. The fourth-order valence-electron chi connectivity index (χ4n) is 2.37. The smallest absolute Gasteiger partial charge is 0.241 e. The molecule has 9 heteroatoms. The average Bonchev–Trinajstić information content (AvgIpc) is 2.59. The highest BCUT2D eigenvalue weighted by atomic mass is 32.2. The van der Waals surface area contributed by atoms with Crippen molar-refractivity contribution in [3.8, 4) is 5.75 Å². The monoisotopic (exact) mass is 391 g/mol. The minimum absolute atomic E-state index is 0.0729. The summed E-state index contributed by atoms with van der Waals surface area (Å²) < 4.78 is 32.1. The van der Waals surface area contributed by atoms with Crippen molar-refractivity contribution in [2.45, 2.75) is 18.7 Å². The molecule has 0 aromatic heterocycles. The number of carbonyl (C=O) groups is 2. The van der Waals surface area contributed by atoms with E-state index in [4.69, 9.17) is 4.74 Å². The van der Waals surface area contributed by atoms with E-state index < -0.39 is 22.5 Å². The Hall–Kier alpha value is -2.91. The molecule has 2 aromatic rings. The molecule has 2 rings (SSSR count). The van der Waals surface area contributed by atoms with Gasteiger partial charge < -0.3 is 15.4 Å². The topological polar surface area (TPSA) is 114 Å². The van der Waals surface area contributed by atoms with Crippen molar-refractivity contribution >= 4 is 33.2 Å². The van der Waals surface area contributed by atoms with E-state index in [1.807, 2.05) is 0 Å². The van der Waals surface area contributed by atoms with E-state index in [2.05, 4.69) is 15.4 Å². The van der Waals surface area contributed by atoms with Gasteiger partial charge in [0.15, 0.2) is 0 Å². The number of aryl methyl sites for hydroxylation is 1. The zero-order valence-corrected chi connectivity index (χ0v) is 16.0. The quantitative estimate of drug-likeness (QED) is 0.667. The standard InChI is InChI=1S/C18H21N3O5S/c1-12-9-16(26-3)7-8-17(12)27(24,25)19-11-18(23)21-15-6-4-5-14(10-15)20-13(2)22/h4-10,19H,11H2,1-3H3,(H,20,22)(H,21,23). The summed E-state index contributed by atoms with van der Waals surface area (Å²) in [4.78, 5) is 23.2. The maximum atomic E-state index is 12.4. The summed E-state index contributed by atoms with van der Waals surface area (Å²) >= 11 is 0. The highest BCUT2D eigenvalue weighted by Crippen LogP contribution is 2.20. The molecular formula is C18H21N3O5S. The lowest BCUT2D eigenvalue weighted by Crippen LogP contribution is -2.33. The Labute approximate surface area is 158 Å². The summed E-state index contributed by atoms with van der Waals surface area (Å²) in [7, 11) is -2.36. The lowest BCUT2D eigenvalue weighted by atomic mass is 10.2. The van der Waals surface area contributed by atoms with Gasteiger partial charge in [-0.15, -0.1) is 0 Å². The summed E-state index contributed by atoms with van der Waals surface area (Å²) in [5.74, 6) is -0.228. The predicted molar refractivity (Wildman–Crippen MR) is 102 cm³/mol. The second kappa shape index (κ2) is 8.65. The molecule has 3 N–H and O–H groups in total. The number of carbonyl (C=O) groups excluding carboxylic acids is 2.